The fraction of sp³-hybridized carbons (Fsp3) is 0.250. The molecule has 2 aromatic rings. The molecule has 1 N–H and O–H groups in total. The van der Waals surface area contributed by atoms with Gasteiger partial charge in [-0.1, -0.05) is 30.9 Å². The lowest BCUT2D eigenvalue weighted by Gasteiger charge is -2.12. The van der Waals surface area contributed by atoms with Crippen LogP contribution in [-0.4, -0.2) is 32.3 Å². The van der Waals surface area contributed by atoms with Crippen molar-refractivity contribution < 1.29 is 19.0 Å². The predicted octanol–water partition coefficient (Wildman–Crippen LogP) is 3.92. The summed E-state index contributed by atoms with van der Waals surface area (Å²) in [6.45, 7) is 7.46. The normalized spacial score (nSPS) is 10.1. The average molecular weight is 341 g/mol. The van der Waals surface area contributed by atoms with Crippen molar-refractivity contribution in [2.45, 2.75) is 6.92 Å². The first-order valence-electron chi connectivity index (χ1n) is 8.19. The number of carbonyl (C=O) groups excluding carboxylic acids is 1. The molecule has 2 aromatic carbocycles. The van der Waals surface area contributed by atoms with Gasteiger partial charge in [-0.3, -0.25) is 4.79 Å². The highest BCUT2D eigenvalue weighted by atomic mass is 16.5. The van der Waals surface area contributed by atoms with E-state index in [1.165, 1.54) is 0 Å². The van der Waals surface area contributed by atoms with Gasteiger partial charge in [0.05, 0.1) is 12.2 Å². The number of nitrogens with one attached hydrogen (secondary N) is 1. The van der Waals surface area contributed by atoms with E-state index in [-0.39, 0.29) is 5.91 Å². The summed E-state index contributed by atoms with van der Waals surface area (Å²) in [5.74, 6) is 0.950. The largest absolute Gasteiger partial charge is 0.490 e. The van der Waals surface area contributed by atoms with Gasteiger partial charge in [-0.05, 0) is 31.2 Å². The Bertz CT molecular complexity index is 700. The molecule has 0 aliphatic rings. The quantitative estimate of drug-likeness (QED) is 0.526. The van der Waals surface area contributed by atoms with E-state index < -0.39 is 0 Å². The average Bonchev–Trinajstić information content (AvgIpc) is 2.64. The molecule has 0 saturated carbocycles. The van der Waals surface area contributed by atoms with Crippen LogP contribution >= 0.6 is 0 Å². The third-order valence-corrected chi connectivity index (χ3v) is 3.28. The molecule has 0 unspecified atom stereocenters. The number of hydrogen-bond acceptors (Lipinski definition) is 4. The first-order chi connectivity index (χ1) is 12.2. The Morgan fingerprint density at radius 2 is 1.96 bits per heavy atom. The van der Waals surface area contributed by atoms with E-state index in [4.69, 9.17) is 14.2 Å². The van der Waals surface area contributed by atoms with Crippen LogP contribution < -0.4 is 14.8 Å². The molecule has 0 heterocycles. The molecule has 0 saturated heterocycles. The van der Waals surface area contributed by atoms with E-state index in [1.54, 1.807) is 36.4 Å². The molecule has 0 fully saturated rings. The molecule has 132 valence electrons. The topological polar surface area (TPSA) is 56.8 Å². The summed E-state index contributed by atoms with van der Waals surface area (Å²) in [7, 11) is 0. The number of anilines is 1. The second kappa shape index (κ2) is 10.2. The number of carbonyl (C=O) groups is 1. The lowest BCUT2D eigenvalue weighted by Crippen LogP contribution is -2.15. The smallest absolute Gasteiger partial charge is 0.259 e. The van der Waals surface area contributed by atoms with Gasteiger partial charge in [-0.2, -0.15) is 0 Å². The molecule has 0 radical (unpaired) electrons. The lowest BCUT2D eigenvalue weighted by atomic mass is 10.2. The number of hydrogen-bond donors (Lipinski definition) is 1. The van der Waals surface area contributed by atoms with Crippen LogP contribution in [-0.2, 0) is 4.74 Å². The van der Waals surface area contributed by atoms with Crippen LogP contribution in [0.2, 0.25) is 0 Å². The molecule has 0 spiro atoms. The number of amides is 1. The zero-order valence-electron chi connectivity index (χ0n) is 14.4. The monoisotopic (exact) mass is 341 g/mol. The number of para-hydroxylation sites is 1. The van der Waals surface area contributed by atoms with Crippen molar-refractivity contribution in [2.24, 2.45) is 0 Å². The fourth-order valence-electron chi connectivity index (χ4n) is 2.15. The van der Waals surface area contributed by atoms with Gasteiger partial charge in [0, 0.05) is 18.4 Å². The summed E-state index contributed by atoms with van der Waals surface area (Å²) in [6.07, 6.45) is 1.67. The van der Waals surface area contributed by atoms with Crippen molar-refractivity contribution in [3.05, 3.63) is 66.7 Å². The molecule has 0 bridgehead atoms. The van der Waals surface area contributed by atoms with Gasteiger partial charge in [-0.15, -0.1) is 0 Å². The number of benzene rings is 2. The summed E-state index contributed by atoms with van der Waals surface area (Å²) in [5.41, 5.74) is 1.12. The van der Waals surface area contributed by atoms with E-state index in [1.807, 2.05) is 25.1 Å². The Balaban J connectivity index is 2.04. The highest BCUT2D eigenvalue weighted by molar-refractivity contribution is 6.06. The fourth-order valence-corrected chi connectivity index (χ4v) is 2.15. The van der Waals surface area contributed by atoms with Crippen molar-refractivity contribution in [2.75, 3.05) is 31.7 Å². The standard InChI is InChI=1S/C20H23NO4/c1-3-12-24-17-9-7-8-16(15-17)21-20(22)18-10-5-6-11-19(18)25-14-13-23-4-2/h3,5-11,15H,1,4,12-14H2,2H3,(H,21,22). The predicted molar refractivity (Wildman–Crippen MR) is 98.5 cm³/mol. The molecule has 0 aromatic heterocycles. The maximum atomic E-state index is 12.6. The molecule has 0 atom stereocenters. The second-order valence-corrected chi connectivity index (χ2v) is 5.12. The molecule has 25 heavy (non-hydrogen) atoms. The van der Waals surface area contributed by atoms with Gasteiger partial charge in [0.1, 0.15) is 24.7 Å². The van der Waals surface area contributed by atoms with Crippen molar-refractivity contribution >= 4 is 11.6 Å². The first kappa shape index (κ1) is 18.5. The van der Waals surface area contributed by atoms with Gasteiger partial charge < -0.3 is 19.5 Å². The Hall–Kier alpha value is -2.79. The number of ether oxygens (including phenoxy) is 3. The van der Waals surface area contributed by atoms with Gasteiger partial charge in [0.15, 0.2) is 0 Å². The number of rotatable bonds is 10. The summed E-state index contributed by atoms with van der Waals surface area (Å²) in [4.78, 5) is 12.6. The summed E-state index contributed by atoms with van der Waals surface area (Å²) < 4.78 is 16.4. The molecule has 1 amide bonds. The van der Waals surface area contributed by atoms with Gasteiger partial charge in [-0.25, -0.2) is 0 Å². The Kier molecular flexibility index (Phi) is 7.53. The zero-order chi connectivity index (χ0) is 17.9. The van der Waals surface area contributed by atoms with Gasteiger partial charge in [0.2, 0.25) is 0 Å². The van der Waals surface area contributed by atoms with E-state index in [2.05, 4.69) is 11.9 Å². The lowest BCUT2D eigenvalue weighted by molar-refractivity contribution is 0.0998. The third-order valence-electron chi connectivity index (χ3n) is 3.28. The Morgan fingerprint density at radius 1 is 1.12 bits per heavy atom. The van der Waals surface area contributed by atoms with Crippen molar-refractivity contribution in [1.29, 1.82) is 0 Å². The zero-order valence-corrected chi connectivity index (χ0v) is 14.4. The highest BCUT2D eigenvalue weighted by Crippen LogP contribution is 2.22. The van der Waals surface area contributed by atoms with Crippen LogP contribution in [0, 0.1) is 0 Å². The summed E-state index contributed by atoms with van der Waals surface area (Å²) >= 11 is 0. The SMILES string of the molecule is C=CCOc1cccc(NC(=O)c2ccccc2OCCOCC)c1. The highest BCUT2D eigenvalue weighted by Gasteiger charge is 2.12. The van der Waals surface area contributed by atoms with Gasteiger partial charge in [0.25, 0.3) is 5.91 Å². The Morgan fingerprint density at radius 3 is 2.76 bits per heavy atom. The molecule has 5 nitrogen and oxygen atoms in total. The third kappa shape index (κ3) is 5.97. The first-order valence-corrected chi connectivity index (χ1v) is 8.19. The van der Waals surface area contributed by atoms with Crippen LogP contribution in [0.25, 0.3) is 0 Å². The van der Waals surface area contributed by atoms with Crippen molar-refractivity contribution in [3.8, 4) is 11.5 Å². The minimum absolute atomic E-state index is 0.243. The van der Waals surface area contributed by atoms with Gasteiger partial charge >= 0.3 is 0 Å². The summed E-state index contributed by atoms with van der Waals surface area (Å²) in [5, 5.41) is 2.86. The molecular weight excluding hydrogens is 318 g/mol. The minimum atomic E-state index is -0.243. The molecule has 2 rings (SSSR count). The van der Waals surface area contributed by atoms with Crippen molar-refractivity contribution in [1.82, 2.24) is 0 Å². The van der Waals surface area contributed by atoms with Crippen LogP contribution in [0.4, 0.5) is 5.69 Å². The maximum absolute atomic E-state index is 12.6. The second-order valence-electron chi connectivity index (χ2n) is 5.12. The van der Waals surface area contributed by atoms with Crippen LogP contribution in [0.1, 0.15) is 17.3 Å². The maximum Gasteiger partial charge on any atom is 0.259 e. The molecule has 0 aliphatic carbocycles. The molecule has 5 heteroatoms. The van der Waals surface area contributed by atoms with Crippen molar-refractivity contribution in [3.63, 3.8) is 0 Å². The van der Waals surface area contributed by atoms with E-state index in [0.29, 0.717) is 49.2 Å². The van der Waals surface area contributed by atoms with E-state index in [0.717, 1.165) is 0 Å². The molecular formula is C20H23NO4. The molecule has 0 aliphatic heterocycles. The van der Waals surface area contributed by atoms with Crippen LogP contribution in [0.15, 0.2) is 61.2 Å². The Labute approximate surface area is 148 Å². The minimum Gasteiger partial charge on any atom is -0.490 e. The van der Waals surface area contributed by atoms with Crippen LogP contribution in [0.3, 0.4) is 0 Å². The van der Waals surface area contributed by atoms with E-state index in [9.17, 15) is 4.79 Å². The van der Waals surface area contributed by atoms with E-state index >= 15 is 0 Å². The van der Waals surface area contributed by atoms with Crippen LogP contribution in [0.5, 0.6) is 11.5 Å². The summed E-state index contributed by atoms with van der Waals surface area (Å²) in [6, 6.07) is 14.3.